The monoisotopic (exact) mass is 341 g/mol. The lowest BCUT2D eigenvalue weighted by atomic mass is 10.1. The summed E-state index contributed by atoms with van der Waals surface area (Å²) >= 11 is 0. The molecule has 0 unspecified atom stereocenters. The van der Waals surface area contributed by atoms with Crippen molar-refractivity contribution in [1.29, 1.82) is 0 Å². The molecule has 132 valence electrons. The number of hydrogen-bond donors (Lipinski definition) is 1. The van der Waals surface area contributed by atoms with E-state index in [1.807, 2.05) is 32.0 Å². The van der Waals surface area contributed by atoms with Crippen LogP contribution >= 0.6 is 0 Å². The molecule has 0 spiro atoms. The molecule has 1 atom stereocenters. The van der Waals surface area contributed by atoms with Crippen molar-refractivity contribution >= 4 is 17.6 Å². The molecule has 0 bridgehead atoms. The zero-order valence-corrected chi connectivity index (χ0v) is 15.0. The number of hydrogen-bond acceptors (Lipinski definition) is 4. The molecule has 0 aliphatic rings. The first kappa shape index (κ1) is 18.5. The molecule has 0 radical (unpaired) electrons. The van der Waals surface area contributed by atoms with Gasteiger partial charge in [0.05, 0.1) is 12.2 Å². The lowest BCUT2D eigenvalue weighted by Gasteiger charge is -2.16. The van der Waals surface area contributed by atoms with Crippen molar-refractivity contribution in [2.24, 2.45) is 0 Å². The van der Waals surface area contributed by atoms with Gasteiger partial charge < -0.3 is 14.8 Å². The molecule has 0 saturated heterocycles. The molecule has 5 heteroatoms. The van der Waals surface area contributed by atoms with Crippen molar-refractivity contribution < 1.29 is 19.1 Å². The second-order valence-corrected chi connectivity index (χ2v) is 5.87. The molecular formula is C20H23NO4. The Morgan fingerprint density at radius 3 is 2.20 bits per heavy atom. The molecule has 0 saturated carbocycles. The molecule has 0 aromatic heterocycles. The Labute approximate surface area is 148 Å². The summed E-state index contributed by atoms with van der Waals surface area (Å²) in [5, 5.41) is 2.77. The number of esters is 1. The van der Waals surface area contributed by atoms with E-state index in [0.717, 1.165) is 11.1 Å². The minimum absolute atomic E-state index is 0.261. The van der Waals surface area contributed by atoms with Crippen molar-refractivity contribution in [3.8, 4) is 5.75 Å². The van der Waals surface area contributed by atoms with E-state index >= 15 is 0 Å². The largest absolute Gasteiger partial charge is 0.481 e. The van der Waals surface area contributed by atoms with E-state index in [2.05, 4.69) is 5.32 Å². The molecule has 1 N–H and O–H groups in total. The number of carbonyl (C=O) groups excluding carboxylic acids is 2. The van der Waals surface area contributed by atoms with E-state index in [4.69, 9.17) is 9.47 Å². The Balaban J connectivity index is 1.97. The lowest BCUT2D eigenvalue weighted by Crippen LogP contribution is -2.30. The number of carbonyl (C=O) groups is 2. The lowest BCUT2D eigenvalue weighted by molar-refractivity contribution is -0.122. The van der Waals surface area contributed by atoms with E-state index in [1.54, 1.807) is 38.1 Å². The van der Waals surface area contributed by atoms with Gasteiger partial charge in [0.2, 0.25) is 0 Å². The van der Waals surface area contributed by atoms with Crippen LogP contribution in [-0.2, 0) is 9.53 Å². The van der Waals surface area contributed by atoms with Gasteiger partial charge in [-0.25, -0.2) is 4.79 Å². The van der Waals surface area contributed by atoms with Crippen molar-refractivity contribution in [2.45, 2.75) is 33.8 Å². The van der Waals surface area contributed by atoms with Crippen LogP contribution in [0.2, 0.25) is 0 Å². The maximum atomic E-state index is 12.3. The first-order valence-corrected chi connectivity index (χ1v) is 8.22. The number of rotatable bonds is 6. The van der Waals surface area contributed by atoms with E-state index < -0.39 is 6.10 Å². The Morgan fingerprint density at radius 1 is 1.04 bits per heavy atom. The molecule has 5 nitrogen and oxygen atoms in total. The summed E-state index contributed by atoms with van der Waals surface area (Å²) in [5.74, 6) is 0.0211. The van der Waals surface area contributed by atoms with Crippen molar-refractivity contribution in [1.82, 2.24) is 0 Å². The Bertz CT molecular complexity index is 733. The van der Waals surface area contributed by atoms with Crippen molar-refractivity contribution in [3.63, 3.8) is 0 Å². The van der Waals surface area contributed by atoms with Crippen LogP contribution in [0.1, 0.15) is 35.3 Å². The minimum Gasteiger partial charge on any atom is -0.481 e. The average molecular weight is 341 g/mol. The van der Waals surface area contributed by atoms with Crippen LogP contribution in [0.5, 0.6) is 5.75 Å². The third kappa shape index (κ3) is 5.35. The summed E-state index contributed by atoms with van der Waals surface area (Å²) in [7, 11) is 0. The fraction of sp³-hybridized carbons (Fsp3) is 0.300. The van der Waals surface area contributed by atoms with Gasteiger partial charge in [0.25, 0.3) is 5.91 Å². The van der Waals surface area contributed by atoms with E-state index in [9.17, 15) is 9.59 Å². The number of benzene rings is 2. The van der Waals surface area contributed by atoms with Gasteiger partial charge in [-0.05, 0) is 75.2 Å². The smallest absolute Gasteiger partial charge is 0.338 e. The number of nitrogens with one attached hydrogen (secondary N) is 1. The highest BCUT2D eigenvalue weighted by molar-refractivity contribution is 5.95. The molecule has 2 rings (SSSR count). The standard InChI is InChI=1S/C20H23NO4/c1-5-24-20(23)16-6-8-17(9-7-16)21-19(22)15(4)25-18-11-13(2)10-14(3)12-18/h6-12,15H,5H2,1-4H3,(H,21,22)/t15-/m1/s1. The van der Waals surface area contributed by atoms with Crippen molar-refractivity contribution in [3.05, 3.63) is 59.2 Å². The van der Waals surface area contributed by atoms with Crippen molar-refractivity contribution in [2.75, 3.05) is 11.9 Å². The second-order valence-electron chi connectivity index (χ2n) is 5.87. The van der Waals surface area contributed by atoms with Crippen LogP contribution < -0.4 is 10.1 Å². The van der Waals surface area contributed by atoms with E-state index in [1.165, 1.54) is 0 Å². The predicted molar refractivity (Wildman–Crippen MR) is 97.0 cm³/mol. The third-order valence-corrected chi connectivity index (χ3v) is 3.54. The number of anilines is 1. The number of ether oxygens (including phenoxy) is 2. The van der Waals surface area contributed by atoms with Gasteiger partial charge in [0.15, 0.2) is 6.10 Å². The fourth-order valence-electron chi connectivity index (χ4n) is 2.41. The zero-order valence-electron chi connectivity index (χ0n) is 15.0. The number of aryl methyl sites for hydroxylation is 2. The van der Waals surface area contributed by atoms with Crippen LogP contribution in [0.15, 0.2) is 42.5 Å². The third-order valence-electron chi connectivity index (χ3n) is 3.54. The Hall–Kier alpha value is -2.82. The van der Waals surface area contributed by atoms with E-state index in [-0.39, 0.29) is 11.9 Å². The average Bonchev–Trinajstić information content (AvgIpc) is 2.54. The highest BCUT2D eigenvalue weighted by Crippen LogP contribution is 2.18. The summed E-state index contributed by atoms with van der Waals surface area (Å²) in [5.41, 5.74) is 3.20. The van der Waals surface area contributed by atoms with Crippen LogP contribution in [0.4, 0.5) is 5.69 Å². The summed E-state index contributed by atoms with van der Waals surface area (Å²) < 4.78 is 10.6. The normalized spacial score (nSPS) is 11.5. The SMILES string of the molecule is CCOC(=O)c1ccc(NC(=O)[C@@H](C)Oc2cc(C)cc(C)c2)cc1. The van der Waals surface area contributed by atoms with Gasteiger partial charge in [-0.1, -0.05) is 6.07 Å². The quantitative estimate of drug-likeness (QED) is 0.810. The molecule has 0 heterocycles. The molecule has 25 heavy (non-hydrogen) atoms. The predicted octanol–water partition coefficient (Wildman–Crippen LogP) is 3.89. The van der Waals surface area contributed by atoms with Gasteiger partial charge in [0.1, 0.15) is 5.75 Å². The molecule has 0 fully saturated rings. The molecule has 2 aromatic carbocycles. The maximum absolute atomic E-state index is 12.3. The summed E-state index contributed by atoms with van der Waals surface area (Å²) in [6, 6.07) is 12.4. The van der Waals surface area contributed by atoms with Crippen LogP contribution in [0.3, 0.4) is 0 Å². The van der Waals surface area contributed by atoms with Crippen LogP contribution in [0, 0.1) is 13.8 Å². The van der Waals surface area contributed by atoms with Crippen LogP contribution in [0.25, 0.3) is 0 Å². The topological polar surface area (TPSA) is 64.6 Å². The highest BCUT2D eigenvalue weighted by atomic mass is 16.5. The highest BCUT2D eigenvalue weighted by Gasteiger charge is 2.15. The molecule has 2 aromatic rings. The Kier molecular flexibility index (Phi) is 6.17. The zero-order chi connectivity index (χ0) is 18.4. The minimum atomic E-state index is -0.647. The fourth-order valence-corrected chi connectivity index (χ4v) is 2.41. The summed E-state index contributed by atoms with van der Waals surface area (Å²) in [6.07, 6.45) is -0.647. The second kappa shape index (κ2) is 8.33. The molecule has 0 aliphatic heterocycles. The molecular weight excluding hydrogens is 318 g/mol. The van der Waals surface area contributed by atoms with Gasteiger partial charge >= 0.3 is 5.97 Å². The first-order valence-electron chi connectivity index (χ1n) is 8.22. The van der Waals surface area contributed by atoms with E-state index in [0.29, 0.717) is 23.6 Å². The maximum Gasteiger partial charge on any atom is 0.338 e. The van der Waals surface area contributed by atoms with Gasteiger partial charge in [-0.15, -0.1) is 0 Å². The number of amides is 1. The van der Waals surface area contributed by atoms with Gasteiger partial charge in [-0.3, -0.25) is 4.79 Å². The molecule has 0 aliphatic carbocycles. The van der Waals surface area contributed by atoms with Gasteiger partial charge in [-0.2, -0.15) is 0 Å². The molecule has 1 amide bonds. The summed E-state index contributed by atoms with van der Waals surface area (Å²) in [6.45, 7) is 7.74. The van der Waals surface area contributed by atoms with Gasteiger partial charge in [0, 0.05) is 5.69 Å². The van der Waals surface area contributed by atoms with Crippen LogP contribution in [-0.4, -0.2) is 24.6 Å². The Morgan fingerprint density at radius 2 is 1.64 bits per heavy atom. The first-order chi connectivity index (χ1) is 11.9. The summed E-state index contributed by atoms with van der Waals surface area (Å²) in [4.78, 5) is 23.9.